The number of rotatable bonds is 7. The van der Waals surface area contributed by atoms with E-state index in [0.717, 1.165) is 12.1 Å². The molecule has 0 radical (unpaired) electrons. The summed E-state index contributed by atoms with van der Waals surface area (Å²) in [6, 6.07) is 2.00. The molecule has 3 atom stereocenters. The molecule has 1 fully saturated rings. The normalized spacial score (nSPS) is 24.9. The van der Waals surface area contributed by atoms with Crippen LogP contribution in [0.5, 0.6) is 0 Å². The van der Waals surface area contributed by atoms with Crippen LogP contribution in [0.4, 0.5) is 10.1 Å². The zero-order valence-electron chi connectivity index (χ0n) is 16.9. The molecule has 0 saturated carbocycles. The predicted molar refractivity (Wildman–Crippen MR) is 116 cm³/mol. The Bertz CT molecular complexity index is 986. The highest BCUT2D eigenvalue weighted by molar-refractivity contribution is 9.10. The molecule has 32 heavy (non-hydrogen) atoms. The van der Waals surface area contributed by atoms with Crippen molar-refractivity contribution in [1.82, 2.24) is 0 Å². The summed E-state index contributed by atoms with van der Waals surface area (Å²) in [5.74, 6) is -3.04. The van der Waals surface area contributed by atoms with Crippen molar-refractivity contribution in [2.24, 2.45) is 0 Å². The summed E-state index contributed by atoms with van der Waals surface area (Å²) in [5, 5.41) is 17.4. The van der Waals surface area contributed by atoms with E-state index in [0.29, 0.717) is 0 Å². The molecule has 1 aliphatic carbocycles. The first-order chi connectivity index (χ1) is 15.1. The van der Waals surface area contributed by atoms with Crippen LogP contribution in [0.15, 0.2) is 28.3 Å². The van der Waals surface area contributed by atoms with Gasteiger partial charge in [-0.05, 0) is 47.5 Å². The average Bonchev–Trinajstić information content (AvgIpc) is 3.07. The maximum absolute atomic E-state index is 13.5. The highest BCUT2D eigenvalue weighted by Gasteiger charge is 2.51. The number of anilines is 1. The number of carbonyl (C=O) groups excluding carboxylic acids is 1. The van der Waals surface area contributed by atoms with Crippen LogP contribution in [0.25, 0.3) is 0 Å². The van der Waals surface area contributed by atoms with E-state index in [1.54, 1.807) is 6.92 Å². The van der Waals surface area contributed by atoms with Gasteiger partial charge >= 0.3 is 5.97 Å². The van der Waals surface area contributed by atoms with E-state index < -0.39 is 58.3 Å². The molecule has 3 rings (SSSR count). The van der Waals surface area contributed by atoms with Gasteiger partial charge in [0, 0.05) is 10.9 Å². The van der Waals surface area contributed by atoms with E-state index in [4.69, 9.17) is 25.8 Å². The molecule has 1 spiro atoms. The van der Waals surface area contributed by atoms with Gasteiger partial charge in [-0.1, -0.05) is 11.6 Å². The second-order valence-electron chi connectivity index (χ2n) is 7.23. The van der Waals surface area contributed by atoms with Crippen LogP contribution in [0.2, 0.25) is 5.02 Å². The summed E-state index contributed by atoms with van der Waals surface area (Å²) in [6.45, 7) is 0.700. The standard InChI is InChI=1S/C19H22BrClFNO8S/c1-2-29-18(26)11-7-19(30-14(8-24)15(9-25)31-19)4-3-16(11)32(27,28)23-17-12(20)5-10(22)6-13(17)21/h5-7,14-16,23-25H,2-4,8-9H2,1H3/t14-,15-,16?/m1/s1. The lowest BCUT2D eigenvalue weighted by molar-refractivity contribution is -0.154. The Labute approximate surface area is 197 Å². The third-order valence-corrected chi connectivity index (χ3v) is 7.74. The number of nitrogens with one attached hydrogen (secondary N) is 1. The van der Waals surface area contributed by atoms with Crippen LogP contribution < -0.4 is 4.72 Å². The minimum absolute atomic E-state index is 0.00104. The van der Waals surface area contributed by atoms with Crippen LogP contribution >= 0.6 is 27.5 Å². The minimum Gasteiger partial charge on any atom is -0.463 e. The van der Waals surface area contributed by atoms with Crippen molar-refractivity contribution in [3.05, 3.63) is 39.1 Å². The fourth-order valence-electron chi connectivity index (χ4n) is 3.66. The zero-order valence-corrected chi connectivity index (χ0v) is 20.0. The lowest BCUT2D eigenvalue weighted by atomic mass is 9.94. The van der Waals surface area contributed by atoms with Gasteiger partial charge in [-0.15, -0.1) is 0 Å². The molecule has 1 aromatic rings. The molecular formula is C19H22BrClFNO8S. The van der Waals surface area contributed by atoms with Crippen molar-refractivity contribution in [3.63, 3.8) is 0 Å². The predicted octanol–water partition coefficient (Wildman–Crippen LogP) is 2.10. The van der Waals surface area contributed by atoms with Crippen LogP contribution in [0, 0.1) is 5.82 Å². The van der Waals surface area contributed by atoms with Crippen molar-refractivity contribution in [2.75, 3.05) is 24.5 Å². The summed E-state index contributed by atoms with van der Waals surface area (Å²) < 4.78 is 58.8. The lowest BCUT2D eigenvalue weighted by Crippen LogP contribution is -2.42. The maximum Gasteiger partial charge on any atom is 0.335 e. The summed E-state index contributed by atoms with van der Waals surface area (Å²) >= 11 is 9.08. The van der Waals surface area contributed by atoms with Crippen molar-refractivity contribution >= 4 is 49.2 Å². The molecule has 2 aliphatic rings. The first kappa shape index (κ1) is 25.3. The summed E-state index contributed by atoms with van der Waals surface area (Å²) in [6.07, 6.45) is -0.558. The Balaban J connectivity index is 1.98. The van der Waals surface area contributed by atoms with E-state index in [9.17, 15) is 27.8 Å². The topological polar surface area (TPSA) is 131 Å². The molecule has 13 heteroatoms. The van der Waals surface area contributed by atoms with E-state index in [1.807, 2.05) is 0 Å². The largest absolute Gasteiger partial charge is 0.463 e. The van der Waals surface area contributed by atoms with Crippen molar-refractivity contribution in [2.45, 2.75) is 43.0 Å². The fourth-order valence-corrected chi connectivity index (χ4v) is 6.32. The Morgan fingerprint density at radius 1 is 1.34 bits per heavy atom. The van der Waals surface area contributed by atoms with Crippen LogP contribution in [0.1, 0.15) is 19.8 Å². The number of hydrogen-bond acceptors (Lipinski definition) is 8. The molecule has 1 heterocycles. The molecule has 3 N–H and O–H groups in total. The Kier molecular flexibility index (Phi) is 7.85. The second-order valence-corrected chi connectivity index (χ2v) is 10.4. The number of sulfonamides is 1. The Hall–Kier alpha value is -1.28. The van der Waals surface area contributed by atoms with Gasteiger partial charge in [-0.25, -0.2) is 17.6 Å². The molecule has 1 aliphatic heterocycles. The third kappa shape index (κ3) is 5.11. The number of ether oxygens (including phenoxy) is 3. The zero-order chi connectivity index (χ0) is 23.7. The number of aliphatic hydroxyl groups is 2. The Morgan fingerprint density at radius 3 is 2.50 bits per heavy atom. The third-order valence-electron chi connectivity index (χ3n) is 5.09. The number of halogens is 3. The highest BCUT2D eigenvalue weighted by atomic mass is 79.9. The Morgan fingerprint density at radius 2 is 1.97 bits per heavy atom. The molecular weight excluding hydrogens is 537 g/mol. The first-order valence-electron chi connectivity index (χ1n) is 9.69. The molecule has 9 nitrogen and oxygen atoms in total. The number of esters is 1. The molecule has 178 valence electrons. The van der Waals surface area contributed by atoms with Crippen LogP contribution in [-0.4, -0.2) is 67.7 Å². The molecule has 1 saturated heterocycles. The second kappa shape index (κ2) is 9.92. The van der Waals surface area contributed by atoms with E-state index in [2.05, 4.69) is 20.7 Å². The van der Waals surface area contributed by atoms with Gasteiger partial charge in [0.2, 0.25) is 10.0 Å². The summed E-state index contributed by atoms with van der Waals surface area (Å²) in [4.78, 5) is 12.7. The smallest absolute Gasteiger partial charge is 0.335 e. The molecule has 0 aromatic heterocycles. The average molecular weight is 559 g/mol. The SMILES string of the molecule is CCOC(=O)C1=CC2(CCC1S(=O)(=O)Nc1c(Cl)cc(F)cc1Br)O[C@H](CO)[C@@H](CO)O2. The van der Waals surface area contributed by atoms with Gasteiger partial charge in [-0.3, -0.25) is 4.72 Å². The van der Waals surface area contributed by atoms with Gasteiger partial charge in [0.25, 0.3) is 0 Å². The molecule has 1 aromatic carbocycles. The molecule has 0 bridgehead atoms. The number of hydrogen-bond donors (Lipinski definition) is 3. The maximum atomic E-state index is 13.5. The van der Waals surface area contributed by atoms with Gasteiger partial charge < -0.3 is 24.4 Å². The molecule has 1 unspecified atom stereocenters. The van der Waals surface area contributed by atoms with Crippen LogP contribution in [-0.2, 0) is 29.0 Å². The van der Waals surface area contributed by atoms with Gasteiger partial charge in [-0.2, -0.15) is 0 Å². The van der Waals surface area contributed by atoms with Gasteiger partial charge in [0.05, 0.1) is 36.1 Å². The number of carbonyl (C=O) groups is 1. The fraction of sp³-hybridized carbons (Fsp3) is 0.526. The van der Waals surface area contributed by atoms with Crippen LogP contribution in [0.3, 0.4) is 0 Å². The van der Waals surface area contributed by atoms with E-state index >= 15 is 0 Å². The van der Waals surface area contributed by atoms with Gasteiger partial charge in [0.15, 0.2) is 5.79 Å². The quantitative estimate of drug-likeness (QED) is 0.434. The van der Waals surface area contributed by atoms with Crippen molar-refractivity contribution < 1.29 is 42.0 Å². The summed E-state index contributed by atoms with van der Waals surface area (Å²) in [5.41, 5.74) is -0.305. The van der Waals surface area contributed by atoms with Crippen molar-refractivity contribution in [1.29, 1.82) is 0 Å². The van der Waals surface area contributed by atoms with E-state index in [-0.39, 0.29) is 40.2 Å². The van der Waals surface area contributed by atoms with Crippen molar-refractivity contribution in [3.8, 4) is 0 Å². The highest BCUT2D eigenvalue weighted by Crippen LogP contribution is 2.42. The number of aliphatic hydroxyl groups excluding tert-OH is 2. The lowest BCUT2D eigenvalue weighted by Gasteiger charge is -2.33. The first-order valence-corrected chi connectivity index (χ1v) is 12.4. The number of benzene rings is 1. The molecule has 0 amide bonds. The van der Waals surface area contributed by atoms with Gasteiger partial charge in [0.1, 0.15) is 23.3 Å². The summed E-state index contributed by atoms with van der Waals surface area (Å²) in [7, 11) is -4.26. The monoisotopic (exact) mass is 557 g/mol. The minimum atomic E-state index is -4.26. The van der Waals surface area contributed by atoms with E-state index in [1.165, 1.54) is 6.08 Å².